The first kappa shape index (κ1) is 24.3. The summed E-state index contributed by atoms with van der Waals surface area (Å²) < 4.78 is 7.10. The summed E-state index contributed by atoms with van der Waals surface area (Å²) in [5.74, 6) is 0.682. The van der Waals surface area contributed by atoms with E-state index in [4.69, 9.17) is 4.74 Å². The van der Waals surface area contributed by atoms with Crippen molar-refractivity contribution in [3.8, 4) is 5.75 Å². The second-order valence-electron chi connectivity index (χ2n) is 7.85. The molecule has 8 heteroatoms. The lowest BCUT2D eigenvalue weighted by atomic mass is 10.1. The monoisotopic (exact) mass is 563 g/mol. The Hall–Kier alpha value is -2.32. The van der Waals surface area contributed by atoms with Crippen molar-refractivity contribution >= 4 is 61.1 Å². The normalized spacial score (nSPS) is 14.2. The number of nitrogens with zero attached hydrogens (tertiary/aromatic N) is 2. The Morgan fingerprint density at radius 1 is 1.06 bits per heavy atom. The number of carbonyl (C=O) groups excluding carboxylic acids is 2. The average Bonchev–Trinajstić information content (AvgIpc) is 2.77. The van der Waals surface area contributed by atoms with Gasteiger partial charge in [0.2, 0.25) is 11.8 Å². The lowest BCUT2D eigenvalue weighted by Crippen LogP contribution is -2.49. The van der Waals surface area contributed by atoms with E-state index in [0.29, 0.717) is 5.75 Å². The molecule has 1 saturated heterocycles. The smallest absolute Gasteiger partial charge is 0.248 e. The van der Waals surface area contributed by atoms with Crippen molar-refractivity contribution in [3.63, 3.8) is 0 Å². The van der Waals surface area contributed by atoms with Crippen LogP contribution in [0, 0.1) is 5.92 Å². The van der Waals surface area contributed by atoms with Gasteiger partial charge in [0.1, 0.15) is 5.75 Å². The van der Waals surface area contributed by atoms with Gasteiger partial charge < -0.3 is 19.9 Å². The molecule has 2 amide bonds. The third-order valence-electron chi connectivity index (χ3n) is 5.24. The van der Waals surface area contributed by atoms with E-state index in [1.165, 1.54) is 6.08 Å². The molecular formula is C24H27Br2N3O3. The number of nitrogens with one attached hydrogen (secondary N) is 1. The number of piperazine rings is 1. The maximum Gasteiger partial charge on any atom is 0.248 e. The molecule has 2 aromatic rings. The molecule has 0 unspecified atom stereocenters. The van der Waals surface area contributed by atoms with Gasteiger partial charge in [0.25, 0.3) is 0 Å². The molecule has 32 heavy (non-hydrogen) atoms. The molecule has 0 radical (unpaired) electrons. The van der Waals surface area contributed by atoms with E-state index in [9.17, 15) is 9.59 Å². The van der Waals surface area contributed by atoms with Crippen LogP contribution in [-0.4, -0.2) is 50.0 Å². The lowest BCUT2D eigenvalue weighted by molar-refractivity contribution is -0.134. The topological polar surface area (TPSA) is 61.9 Å². The fraction of sp³-hybridized carbons (Fsp3) is 0.333. The zero-order valence-electron chi connectivity index (χ0n) is 18.4. The van der Waals surface area contributed by atoms with Crippen molar-refractivity contribution in [2.45, 2.75) is 13.8 Å². The van der Waals surface area contributed by atoms with Crippen LogP contribution in [0.15, 0.2) is 51.4 Å². The fourth-order valence-corrected chi connectivity index (χ4v) is 4.99. The van der Waals surface area contributed by atoms with Crippen LogP contribution in [0.25, 0.3) is 6.08 Å². The predicted octanol–water partition coefficient (Wildman–Crippen LogP) is 5.18. The van der Waals surface area contributed by atoms with Gasteiger partial charge in [-0.1, -0.05) is 29.8 Å². The quantitative estimate of drug-likeness (QED) is 0.491. The van der Waals surface area contributed by atoms with Crippen molar-refractivity contribution in [2.75, 3.05) is 43.5 Å². The van der Waals surface area contributed by atoms with Crippen molar-refractivity contribution in [2.24, 2.45) is 5.92 Å². The number of amides is 2. The molecular weight excluding hydrogens is 538 g/mol. The second kappa shape index (κ2) is 11.0. The standard InChI is InChI=1S/C24H27Br2N3O3/c1-16(2)24(31)29-12-10-28(11-13-29)20-7-5-19(6-8-20)27-22(30)9-4-17-14-18(25)15-21(26)23(17)32-3/h4-9,14-16H,10-13H2,1-3H3,(H,27,30). The van der Waals surface area contributed by atoms with Crippen LogP contribution in [0.5, 0.6) is 5.75 Å². The molecule has 0 spiro atoms. The van der Waals surface area contributed by atoms with Crippen LogP contribution in [0.3, 0.4) is 0 Å². The summed E-state index contributed by atoms with van der Waals surface area (Å²) in [6.07, 6.45) is 3.20. The minimum Gasteiger partial charge on any atom is -0.495 e. The minimum absolute atomic E-state index is 0.0320. The van der Waals surface area contributed by atoms with Gasteiger partial charge in [-0.25, -0.2) is 0 Å². The summed E-state index contributed by atoms with van der Waals surface area (Å²) in [4.78, 5) is 28.7. The summed E-state index contributed by atoms with van der Waals surface area (Å²) >= 11 is 6.91. The van der Waals surface area contributed by atoms with Crippen LogP contribution in [0.4, 0.5) is 11.4 Å². The second-order valence-corrected chi connectivity index (χ2v) is 9.62. The molecule has 0 aromatic heterocycles. The van der Waals surface area contributed by atoms with Gasteiger partial charge in [0.05, 0.1) is 11.6 Å². The Kier molecular flexibility index (Phi) is 8.37. The van der Waals surface area contributed by atoms with E-state index >= 15 is 0 Å². The number of benzene rings is 2. The van der Waals surface area contributed by atoms with E-state index in [0.717, 1.165) is 52.1 Å². The van der Waals surface area contributed by atoms with E-state index in [2.05, 4.69) is 42.1 Å². The zero-order valence-corrected chi connectivity index (χ0v) is 21.6. The van der Waals surface area contributed by atoms with E-state index in [1.807, 2.05) is 55.1 Å². The van der Waals surface area contributed by atoms with Gasteiger partial charge in [-0.05, 0) is 58.4 Å². The Bertz CT molecular complexity index is 998. The fourth-order valence-electron chi connectivity index (χ4n) is 3.57. The predicted molar refractivity (Wildman–Crippen MR) is 136 cm³/mol. The molecule has 2 aromatic carbocycles. The first-order valence-electron chi connectivity index (χ1n) is 10.4. The van der Waals surface area contributed by atoms with Crippen LogP contribution < -0.4 is 15.0 Å². The molecule has 170 valence electrons. The molecule has 0 saturated carbocycles. The highest BCUT2D eigenvalue weighted by molar-refractivity contribution is 9.11. The summed E-state index contributed by atoms with van der Waals surface area (Å²) in [6, 6.07) is 11.5. The number of ether oxygens (including phenoxy) is 1. The Labute approximate surface area is 205 Å². The number of anilines is 2. The highest BCUT2D eigenvalue weighted by Crippen LogP contribution is 2.33. The number of methoxy groups -OCH3 is 1. The molecule has 1 aliphatic rings. The Morgan fingerprint density at radius 2 is 1.72 bits per heavy atom. The maximum absolute atomic E-state index is 12.4. The minimum atomic E-state index is -0.225. The molecule has 0 aliphatic carbocycles. The Morgan fingerprint density at radius 3 is 2.31 bits per heavy atom. The van der Waals surface area contributed by atoms with Crippen LogP contribution in [-0.2, 0) is 9.59 Å². The number of hydrogen-bond acceptors (Lipinski definition) is 4. The van der Waals surface area contributed by atoms with Gasteiger partial charge in [-0.15, -0.1) is 0 Å². The van der Waals surface area contributed by atoms with Gasteiger partial charge in [-0.3, -0.25) is 9.59 Å². The largest absolute Gasteiger partial charge is 0.495 e. The summed E-state index contributed by atoms with van der Waals surface area (Å²) in [5, 5.41) is 2.88. The molecule has 1 N–H and O–H groups in total. The van der Waals surface area contributed by atoms with E-state index in [1.54, 1.807) is 13.2 Å². The number of rotatable bonds is 6. The SMILES string of the molecule is COc1c(Br)cc(Br)cc1C=CC(=O)Nc1ccc(N2CCN(C(=O)C(C)C)CC2)cc1. The average molecular weight is 565 g/mol. The lowest BCUT2D eigenvalue weighted by Gasteiger charge is -2.37. The van der Waals surface area contributed by atoms with Crippen molar-refractivity contribution < 1.29 is 14.3 Å². The van der Waals surface area contributed by atoms with Crippen LogP contribution in [0.2, 0.25) is 0 Å². The highest BCUT2D eigenvalue weighted by Gasteiger charge is 2.22. The van der Waals surface area contributed by atoms with Gasteiger partial charge in [0, 0.05) is 59.6 Å². The zero-order chi connectivity index (χ0) is 23.3. The molecule has 1 heterocycles. The van der Waals surface area contributed by atoms with Crippen molar-refractivity contribution in [1.82, 2.24) is 4.90 Å². The maximum atomic E-state index is 12.4. The molecule has 0 bridgehead atoms. The van der Waals surface area contributed by atoms with Gasteiger partial charge in [-0.2, -0.15) is 0 Å². The summed E-state index contributed by atoms with van der Waals surface area (Å²) in [6.45, 7) is 6.94. The first-order valence-corrected chi connectivity index (χ1v) is 12.0. The molecule has 0 atom stereocenters. The Balaban J connectivity index is 1.58. The van der Waals surface area contributed by atoms with E-state index < -0.39 is 0 Å². The number of carbonyl (C=O) groups is 2. The first-order chi connectivity index (χ1) is 15.3. The third kappa shape index (κ3) is 6.13. The van der Waals surface area contributed by atoms with Crippen LogP contribution in [0.1, 0.15) is 19.4 Å². The molecule has 6 nitrogen and oxygen atoms in total. The van der Waals surface area contributed by atoms with Gasteiger partial charge >= 0.3 is 0 Å². The van der Waals surface area contributed by atoms with Gasteiger partial charge in [0.15, 0.2) is 0 Å². The molecule has 1 fully saturated rings. The number of halogens is 2. The van der Waals surface area contributed by atoms with Crippen LogP contribution >= 0.6 is 31.9 Å². The number of hydrogen-bond donors (Lipinski definition) is 1. The summed E-state index contributed by atoms with van der Waals surface area (Å²) in [5.41, 5.74) is 2.59. The third-order valence-corrected chi connectivity index (χ3v) is 6.29. The van der Waals surface area contributed by atoms with E-state index in [-0.39, 0.29) is 17.7 Å². The van der Waals surface area contributed by atoms with Crippen molar-refractivity contribution in [3.05, 3.63) is 57.0 Å². The van der Waals surface area contributed by atoms with Crippen molar-refractivity contribution in [1.29, 1.82) is 0 Å². The highest BCUT2D eigenvalue weighted by atomic mass is 79.9. The molecule has 3 rings (SSSR count). The summed E-state index contributed by atoms with van der Waals surface area (Å²) in [7, 11) is 1.59. The molecule has 1 aliphatic heterocycles.